The summed E-state index contributed by atoms with van der Waals surface area (Å²) < 4.78 is 5.30. The maximum absolute atomic E-state index is 12.3. The molecule has 5 heteroatoms. The smallest absolute Gasteiger partial charge is 0.245 e. The van der Waals surface area contributed by atoms with Crippen LogP contribution in [0.25, 0.3) is 0 Å². The minimum Gasteiger partial charge on any atom is -0.382 e. The lowest BCUT2D eigenvalue weighted by Gasteiger charge is -2.38. The fourth-order valence-electron chi connectivity index (χ4n) is 2.41. The third-order valence-corrected chi connectivity index (χ3v) is 3.44. The maximum Gasteiger partial charge on any atom is 0.245 e. The predicted octanol–water partition coefficient (Wildman–Crippen LogP) is 1.32. The topological polar surface area (TPSA) is 58.6 Å². The van der Waals surface area contributed by atoms with E-state index in [4.69, 9.17) is 4.74 Å². The first-order chi connectivity index (χ1) is 9.15. The van der Waals surface area contributed by atoms with Gasteiger partial charge in [-0.15, -0.1) is 0 Å². The normalized spacial score (nSPS) is 23.6. The zero-order valence-electron chi connectivity index (χ0n) is 12.3. The van der Waals surface area contributed by atoms with Gasteiger partial charge in [-0.1, -0.05) is 20.3 Å². The number of rotatable bonds is 8. The van der Waals surface area contributed by atoms with Crippen LogP contribution in [0.15, 0.2) is 0 Å². The van der Waals surface area contributed by atoms with E-state index in [9.17, 15) is 9.59 Å². The maximum atomic E-state index is 12.3. The lowest BCUT2D eigenvalue weighted by molar-refractivity contribution is -0.149. The number of nitrogens with one attached hydrogen (secondary N) is 1. The quantitative estimate of drug-likeness (QED) is 0.677. The van der Waals surface area contributed by atoms with Crippen LogP contribution in [0, 0.1) is 0 Å². The van der Waals surface area contributed by atoms with Crippen molar-refractivity contribution >= 4 is 11.8 Å². The summed E-state index contributed by atoms with van der Waals surface area (Å²) in [4.78, 5) is 26.1. The lowest BCUT2D eigenvalue weighted by atomic mass is 10.0. The summed E-state index contributed by atoms with van der Waals surface area (Å²) in [6.07, 6.45) is 3.04. The summed E-state index contributed by atoms with van der Waals surface area (Å²) in [5.74, 6) is 0.0433. The van der Waals surface area contributed by atoms with E-state index in [-0.39, 0.29) is 23.9 Å². The highest BCUT2D eigenvalue weighted by Gasteiger charge is 2.38. The Kier molecular flexibility index (Phi) is 6.84. The van der Waals surface area contributed by atoms with E-state index >= 15 is 0 Å². The van der Waals surface area contributed by atoms with Crippen molar-refractivity contribution in [2.75, 3.05) is 19.8 Å². The Hall–Kier alpha value is -1.10. The zero-order valence-corrected chi connectivity index (χ0v) is 12.3. The molecule has 0 aromatic rings. The van der Waals surface area contributed by atoms with Gasteiger partial charge in [0, 0.05) is 19.8 Å². The van der Waals surface area contributed by atoms with Gasteiger partial charge >= 0.3 is 0 Å². The molecule has 1 aliphatic heterocycles. The fourth-order valence-corrected chi connectivity index (χ4v) is 2.41. The first-order valence-electron chi connectivity index (χ1n) is 7.34. The Labute approximate surface area is 115 Å². The number of hydrogen-bond acceptors (Lipinski definition) is 3. The van der Waals surface area contributed by atoms with Gasteiger partial charge in [-0.25, -0.2) is 0 Å². The predicted molar refractivity (Wildman–Crippen MR) is 73.7 cm³/mol. The third kappa shape index (κ3) is 4.20. The molecule has 2 amide bonds. The highest BCUT2D eigenvalue weighted by atomic mass is 16.5. The molecule has 0 radical (unpaired) electrons. The van der Waals surface area contributed by atoms with Crippen LogP contribution in [-0.2, 0) is 14.3 Å². The summed E-state index contributed by atoms with van der Waals surface area (Å²) in [6, 6.07) is -0.658. The summed E-state index contributed by atoms with van der Waals surface area (Å²) >= 11 is 0. The Morgan fingerprint density at radius 3 is 2.58 bits per heavy atom. The molecule has 110 valence electrons. The number of ether oxygens (including phenoxy) is 1. The first-order valence-corrected chi connectivity index (χ1v) is 7.34. The molecule has 0 aromatic heterocycles. The molecule has 1 rings (SSSR count). The Morgan fingerprint density at radius 2 is 2.00 bits per heavy atom. The number of hydrogen-bond donors (Lipinski definition) is 1. The van der Waals surface area contributed by atoms with E-state index in [1.165, 1.54) is 0 Å². The minimum atomic E-state index is -0.354. The van der Waals surface area contributed by atoms with Crippen molar-refractivity contribution in [1.82, 2.24) is 10.2 Å². The average Bonchev–Trinajstić information content (AvgIpc) is 2.41. The molecule has 1 aliphatic rings. The molecule has 0 spiro atoms. The second-order valence-electron chi connectivity index (χ2n) is 4.86. The number of carbonyl (C=O) groups excluding carboxylic acids is 2. The van der Waals surface area contributed by atoms with Crippen molar-refractivity contribution in [1.29, 1.82) is 0 Å². The van der Waals surface area contributed by atoms with Crippen LogP contribution >= 0.6 is 0 Å². The van der Waals surface area contributed by atoms with Crippen LogP contribution in [-0.4, -0.2) is 48.6 Å². The average molecular weight is 270 g/mol. The minimum absolute atomic E-state index is 0.00953. The monoisotopic (exact) mass is 270 g/mol. The Bertz CT molecular complexity index is 307. The molecule has 1 N–H and O–H groups in total. The van der Waals surface area contributed by atoms with Crippen molar-refractivity contribution in [3.8, 4) is 0 Å². The molecule has 1 heterocycles. The standard InChI is InChI=1S/C14H26N2O3/c1-4-8-12-13(17)15-11(5-2)14(18)16(12)9-7-10-19-6-3/h11-12H,4-10H2,1-3H3,(H,15,17). The van der Waals surface area contributed by atoms with Crippen LogP contribution in [0.5, 0.6) is 0 Å². The molecule has 1 saturated heterocycles. The molecule has 2 unspecified atom stereocenters. The van der Waals surface area contributed by atoms with E-state index in [0.29, 0.717) is 26.2 Å². The Balaban J connectivity index is 2.66. The van der Waals surface area contributed by atoms with E-state index < -0.39 is 0 Å². The van der Waals surface area contributed by atoms with E-state index in [1.807, 2.05) is 20.8 Å². The third-order valence-electron chi connectivity index (χ3n) is 3.44. The summed E-state index contributed by atoms with van der Waals surface area (Å²) in [7, 11) is 0. The summed E-state index contributed by atoms with van der Waals surface area (Å²) in [6.45, 7) is 7.82. The second-order valence-corrected chi connectivity index (χ2v) is 4.86. The van der Waals surface area contributed by atoms with Crippen LogP contribution in [0.3, 0.4) is 0 Å². The van der Waals surface area contributed by atoms with Crippen molar-refractivity contribution in [2.45, 2.75) is 58.5 Å². The van der Waals surface area contributed by atoms with Crippen LogP contribution < -0.4 is 5.32 Å². The zero-order chi connectivity index (χ0) is 14.3. The van der Waals surface area contributed by atoms with Crippen LogP contribution in [0.4, 0.5) is 0 Å². The van der Waals surface area contributed by atoms with Crippen molar-refractivity contribution in [3.05, 3.63) is 0 Å². The first kappa shape index (κ1) is 16.0. The van der Waals surface area contributed by atoms with Crippen molar-refractivity contribution in [2.24, 2.45) is 0 Å². The number of nitrogens with zero attached hydrogens (tertiary/aromatic N) is 1. The summed E-state index contributed by atoms with van der Waals surface area (Å²) in [5, 5.41) is 2.82. The van der Waals surface area contributed by atoms with Gasteiger partial charge in [0.2, 0.25) is 11.8 Å². The lowest BCUT2D eigenvalue weighted by Crippen LogP contribution is -2.63. The highest BCUT2D eigenvalue weighted by molar-refractivity contribution is 5.96. The highest BCUT2D eigenvalue weighted by Crippen LogP contribution is 2.16. The SMILES string of the molecule is CCCC1C(=O)NC(CC)C(=O)N1CCCOCC. The van der Waals surface area contributed by atoms with E-state index in [0.717, 1.165) is 19.3 Å². The van der Waals surface area contributed by atoms with Crippen molar-refractivity contribution in [3.63, 3.8) is 0 Å². The van der Waals surface area contributed by atoms with Gasteiger partial charge in [0.25, 0.3) is 0 Å². The fraction of sp³-hybridized carbons (Fsp3) is 0.857. The molecule has 1 fully saturated rings. The molecular weight excluding hydrogens is 244 g/mol. The summed E-state index contributed by atoms with van der Waals surface area (Å²) in [5.41, 5.74) is 0. The molecule has 2 atom stereocenters. The molecule has 0 bridgehead atoms. The molecule has 0 aromatic carbocycles. The van der Waals surface area contributed by atoms with Gasteiger partial charge < -0.3 is 15.0 Å². The van der Waals surface area contributed by atoms with Gasteiger partial charge in [0.1, 0.15) is 12.1 Å². The van der Waals surface area contributed by atoms with Gasteiger partial charge in [0.05, 0.1) is 0 Å². The van der Waals surface area contributed by atoms with E-state index in [1.54, 1.807) is 4.90 Å². The molecule has 0 aliphatic carbocycles. The molecular formula is C14H26N2O3. The largest absolute Gasteiger partial charge is 0.382 e. The number of amides is 2. The second kappa shape index (κ2) is 8.15. The van der Waals surface area contributed by atoms with Gasteiger partial charge in [-0.2, -0.15) is 0 Å². The van der Waals surface area contributed by atoms with E-state index in [2.05, 4.69) is 5.32 Å². The molecule has 5 nitrogen and oxygen atoms in total. The van der Waals surface area contributed by atoms with Crippen molar-refractivity contribution < 1.29 is 14.3 Å². The van der Waals surface area contributed by atoms with Gasteiger partial charge in [-0.3, -0.25) is 9.59 Å². The number of piperazine rings is 1. The van der Waals surface area contributed by atoms with Crippen LogP contribution in [0.2, 0.25) is 0 Å². The van der Waals surface area contributed by atoms with Gasteiger partial charge in [-0.05, 0) is 26.2 Å². The van der Waals surface area contributed by atoms with Crippen LogP contribution in [0.1, 0.15) is 46.5 Å². The van der Waals surface area contributed by atoms with Gasteiger partial charge in [0.15, 0.2) is 0 Å². The molecule has 19 heavy (non-hydrogen) atoms. The number of carbonyl (C=O) groups is 2. The Morgan fingerprint density at radius 1 is 1.26 bits per heavy atom. The molecule has 0 saturated carbocycles.